The first-order chi connectivity index (χ1) is 8.75. The quantitative estimate of drug-likeness (QED) is 0.875. The van der Waals surface area contributed by atoms with Gasteiger partial charge >= 0.3 is 0 Å². The monoisotopic (exact) mass is 241 g/mol. The van der Waals surface area contributed by atoms with Crippen molar-refractivity contribution in [2.24, 2.45) is 0 Å². The first-order valence-corrected chi connectivity index (χ1v) is 6.75. The maximum atomic E-state index is 4.67. The summed E-state index contributed by atoms with van der Waals surface area (Å²) in [4.78, 5) is 4.67. The molecule has 0 saturated heterocycles. The zero-order chi connectivity index (χ0) is 12.5. The number of aromatic nitrogens is 3. The maximum absolute atomic E-state index is 4.67. The molecule has 0 bridgehead atoms. The predicted octanol–water partition coefficient (Wildman–Crippen LogP) is 3.40. The first kappa shape index (κ1) is 11.5. The molecule has 1 atom stereocenters. The summed E-state index contributed by atoms with van der Waals surface area (Å²) >= 11 is 0. The number of hydrogen-bond acceptors (Lipinski definition) is 2. The van der Waals surface area contributed by atoms with Crippen molar-refractivity contribution < 1.29 is 0 Å². The van der Waals surface area contributed by atoms with Crippen LogP contribution >= 0.6 is 0 Å². The van der Waals surface area contributed by atoms with Gasteiger partial charge in [0.05, 0.1) is 0 Å². The smallest absolute Gasteiger partial charge is 0.153 e. The lowest BCUT2D eigenvalue weighted by atomic mass is 9.82. The van der Waals surface area contributed by atoms with Gasteiger partial charge in [-0.05, 0) is 30.4 Å². The van der Waals surface area contributed by atoms with Crippen LogP contribution in [0.25, 0.3) is 0 Å². The van der Waals surface area contributed by atoms with E-state index in [9.17, 15) is 0 Å². The van der Waals surface area contributed by atoms with Crippen molar-refractivity contribution in [1.29, 1.82) is 0 Å². The second-order valence-electron chi connectivity index (χ2n) is 5.38. The van der Waals surface area contributed by atoms with Crippen LogP contribution in [-0.2, 0) is 6.42 Å². The van der Waals surface area contributed by atoms with E-state index in [2.05, 4.69) is 53.3 Å². The molecule has 3 rings (SSSR count). The molecule has 0 saturated carbocycles. The van der Waals surface area contributed by atoms with Gasteiger partial charge in [-0.25, -0.2) is 4.98 Å². The average Bonchev–Trinajstić information content (AvgIpc) is 2.87. The van der Waals surface area contributed by atoms with Crippen molar-refractivity contribution in [1.82, 2.24) is 15.2 Å². The largest absolute Gasteiger partial charge is 0.263 e. The van der Waals surface area contributed by atoms with Crippen molar-refractivity contribution >= 4 is 0 Å². The Morgan fingerprint density at radius 3 is 2.89 bits per heavy atom. The Balaban J connectivity index is 1.97. The lowest BCUT2D eigenvalue weighted by Gasteiger charge is -2.23. The molecule has 0 amide bonds. The standard InChI is InChI=1S/C15H19N3/c1-10(2)14-16-15(18-17-14)13-9-5-7-11-6-3-4-8-12(11)13/h3-4,6,8,10,13H,5,7,9H2,1-2H3,(H,16,17,18). The molecule has 94 valence electrons. The minimum atomic E-state index is 0.383. The number of nitrogens with one attached hydrogen (secondary N) is 1. The van der Waals surface area contributed by atoms with Crippen LogP contribution in [0.15, 0.2) is 24.3 Å². The molecular formula is C15H19N3. The second kappa shape index (κ2) is 4.56. The third-order valence-electron chi connectivity index (χ3n) is 3.74. The molecule has 2 aromatic rings. The van der Waals surface area contributed by atoms with Gasteiger partial charge in [-0.2, -0.15) is 5.10 Å². The second-order valence-corrected chi connectivity index (χ2v) is 5.38. The molecule has 0 fully saturated rings. The van der Waals surface area contributed by atoms with Crippen LogP contribution in [0.5, 0.6) is 0 Å². The topological polar surface area (TPSA) is 41.6 Å². The van der Waals surface area contributed by atoms with E-state index in [0.717, 1.165) is 11.6 Å². The number of hydrogen-bond donors (Lipinski definition) is 1. The van der Waals surface area contributed by atoms with E-state index >= 15 is 0 Å². The maximum Gasteiger partial charge on any atom is 0.153 e. The van der Waals surface area contributed by atoms with E-state index in [-0.39, 0.29) is 0 Å². The lowest BCUT2D eigenvalue weighted by Crippen LogP contribution is -2.12. The van der Waals surface area contributed by atoms with Crippen LogP contribution in [0.4, 0.5) is 0 Å². The Morgan fingerprint density at radius 1 is 1.28 bits per heavy atom. The predicted molar refractivity (Wildman–Crippen MR) is 71.7 cm³/mol. The van der Waals surface area contributed by atoms with Crippen LogP contribution in [-0.4, -0.2) is 15.2 Å². The Hall–Kier alpha value is -1.64. The van der Waals surface area contributed by atoms with E-state index in [1.54, 1.807) is 0 Å². The van der Waals surface area contributed by atoms with Gasteiger partial charge in [0.2, 0.25) is 0 Å². The fraction of sp³-hybridized carbons (Fsp3) is 0.467. The fourth-order valence-corrected chi connectivity index (χ4v) is 2.74. The van der Waals surface area contributed by atoms with Gasteiger partial charge in [0.15, 0.2) is 5.82 Å². The highest BCUT2D eigenvalue weighted by Gasteiger charge is 2.24. The molecule has 1 aliphatic rings. The molecule has 3 heteroatoms. The van der Waals surface area contributed by atoms with Gasteiger partial charge in [-0.1, -0.05) is 38.1 Å². The zero-order valence-electron chi connectivity index (χ0n) is 11.0. The highest BCUT2D eigenvalue weighted by atomic mass is 15.2. The number of nitrogens with zero attached hydrogens (tertiary/aromatic N) is 2. The van der Waals surface area contributed by atoms with Gasteiger partial charge in [-0.15, -0.1) is 0 Å². The number of fused-ring (bicyclic) bond motifs is 1. The van der Waals surface area contributed by atoms with E-state index < -0.39 is 0 Å². The van der Waals surface area contributed by atoms with Crippen molar-refractivity contribution in [2.75, 3.05) is 0 Å². The number of benzene rings is 1. The van der Waals surface area contributed by atoms with Gasteiger partial charge in [0.1, 0.15) is 5.82 Å². The van der Waals surface area contributed by atoms with Crippen molar-refractivity contribution in [3.05, 3.63) is 47.0 Å². The van der Waals surface area contributed by atoms with Crippen molar-refractivity contribution in [3.63, 3.8) is 0 Å². The van der Waals surface area contributed by atoms with Gasteiger partial charge in [0.25, 0.3) is 0 Å². The minimum absolute atomic E-state index is 0.383. The molecule has 0 radical (unpaired) electrons. The fourth-order valence-electron chi connectivity index (χ4n) is 2.74. The molecule has 1 aliphatic carbocycles. The Bertz CT molecular complexity index is 542. The highest BCUT2D eigenvalue weighted by Crippen LogP contribution is 2.35. The minimum Gasteiger partial charge on any atom is -0.263 e. The van der Waals surface area contributed by atoms with Crippen LogP contribution in [0.1, 0.15) is 61.3 Å². The molecule has 1 heterocycles. The lowest BCUT2D eigenvalue weighted by molar-refractivity contribution is 0.591. The molecule has 1 N–H and O–H groups in total. The van der Waals surface area contributed by atoms with Crippen molar-refractivity contribution in [3.8, 4) is 0 Å². The molecule has 0 spiro atoms. The number of aryl methyl sites for hydroxylation is 1. The molecule has 18 heavy (non-hydrogen) atoms. The van der Waals surface area contributed by atoms with Crippen LogP contribution in [0, 0.1) is 0 Å². The van der Waals surface area contributed by atoms with Gasteiger partial charge < -0.3 is 0 Å². The normalized spacial score (nSPS) is 18.9. The Labute approximate surface area is 108 Å². The zero-order valence-corrected chi connectivity index (χ0v) is 11.0. The summed E-state index contributed by atoms with van der Waals surface area (Å²) in [5.41, 5.74) is 2.89. The van der Waals surface area contributed by atoms with E-state index in [1.807, 2.05) is 0 Å². The molecule has 0 aliphatic heterocycles. The number of rotatable bonds is 2. The molecular weight excluding hydrogens is 222 g/mol. The summed E-state index contributed by atoms with van der Waals surface area (Å²) in [6.07, 6.45) is 3.60. The van der Waals surface area contributed by atoms with Crippen molar-refractivity contribution in [2.45, 2.75) is 44.9 Å². The summed E-state index contributed by atoms with van der Waals surface area (Å²) in [6.45, 7) is 4.25. The summed E-state index contributed by atoms with van der Waals surface area (Å²) in [6, 6.07) is 8.72. The average molecular weight is 241 g/mol. The Kier molecular flexibility index (Phi) is 2.90. The number of H-pyrrole nitrogens is 1. The summed E-state index contributed by atoms with van der Waals surface area (Å²) in [5.74, 6) is 2.74. The van der Waals surface area contributed by atoms with E-state index in [4.69, 9.17) is 0 Å². The van der Waals surface area contributed by atoms with Crippen LogP contribution < -0.4 is 0 Å². The van der Waals surface area contributed by atoms with E-state index in [0.29, 0.717) is 11.8 Å². The van der Waals surface area contributed by atoms with Gasteiger partial charge in [-0.3, -0.25) is 5.10 Å². The van der Waals surface area contributed by atoms with E-state index in [1.165, 1.54) is 30.4 Å². The first-order valence-electron chi connectivity index (χ1n) is 6.75. The Morgan fingerprint density at radius 2 is 2.11 bits per heavy atom. The molecule has 1 unspecified atom stereocenters. The van der Waals surface area contributed by atoms with Crippen LogP contribution in [0.2, 0.25) is 0 Å². The highest BCUT2D eigenvalue weighted by molar-refractivity contribution is 5.36. The third kappa shape index (κ3) is 1.94. The third-order valence-corrected chi connectivity index (χ3v) is 3.74. The van der Waals surface area contributed by atoms with Gasteiger partial charge in [0, 0.05) is 11.8 Å². The summed E-state index contributed by atoms with van der Waals surface area (Å²) in [7, 11) is 0. The molecule has 1 aromatic heterocycles. The SMILES string of the molecule is CC(C)c1n[nH]c(C2CCCc3ccccc32)n1. The molecule has 3 nitrogen and oxygen atoms in total. The summed E-state index contributed by atoms with van der Waals surface area (Å²) < 4.78 is 0. The van der Waals surface area contributed by atoms with Crippen LogP contribution in [0.3, 0.4) is 0 Å². The molecule has 1 aromatic carbocycles. The number of aromatic amines is 1. The summed E-state index contributed by atoms with van der Waals surface area (Å²) in [5, 5.41) is 7.46.